The molecule has 0 aromatic rings. The molecule has 0 aliphatic carbocycles. The van der Waals surface area contributed by atoms with E-state index in [1.807, 2.05) is 27.1 Å². The molecule has 0 fully saturated rings. The Morgan fingerprint density at radius 3 is 1.88 bits per heavy atom. The van der Waals surface area contributed by atoms with Crippen molar-refractivity contribution in [2.75, 3.05) is 14.1 Å². The molecule has 0 bridgehead atoms. The first-order chi connectivity index (χ1) is 3.85. The van der Waals surface area contributed by atoms with Gasteiger partial charge in [-0.05, 0) is 21.0 Å². The SMILES string of the molecule is C/C=C/C(NC)NC. The molecule has 0 saturated heterocycles. The highest BCUT2D eigenvalue weighted by Gasteiger charge is 1.90. The van der Waals surface area contributed by atoms with Crippen LogP contribution in [0.4, 0.5) is 0 Å². The predicted molar refractivity (Wildman–Crippen MR) is 36.7 cm³/mol. The van der Waals surface area contributed by atoms with Crippen LogP contribution in [0.3, 0.4) is 0 Å². The van der Waals surface area contributed by atoms with Crippen molar-refractivity contribution in [1.29, 1.82) is 0 Å². The maximum atomic E-state index is 3.05. The minimum Gasteiger partial charge on any atom is -0.302 e. The minimum absolute atomic E-state index is 0.319. The van der Waals surface area contributed by atoms with Gasteiger partial charge in [0, 0.05) is 0 Å². The Hall–Kier alpha value is -0.340. The highest BCUT2D eigenvalue weighted by atomic mass is 15.1. The second-order valence-electron chi connectivity index (χ2n) is 1.58. The summed E-state index contributed by atoms with van der Waals surface area (Å²) in [5, 5.41) is 6.11. The maximum absolute atomic E-state index is 3.05. The summed E-state index contributed by atoms with van der Waals surface area (Å²) in [5.74, 6) is 0. The molecule has 0 radical (unpaired) electrons. The molecule has 0 rings (SSSR count). The molecule has 2 N–H and O–H groups in total. The fraction of sp³-hybridized carbons (Fsp3) is 0.667. The van der Waals surface area contributed by atoms with Gasteiger partial charge < -0.3 is 10.6 Å². The fourth-order valence-corrected chi connectivity index (χ4v) is 0.529. The molecule has 8 heavy (non-hydrogen) atoms. The number of hydrogen-bond donors (Lipinski definition) is 2. The van der Waals surface area contributed by atoms with Gasteiger partial charge in [0.1, 0.15) is 0 Å². The van der Waals surface area contributed by atoms with Gasteiger partial charge >= 0.3 is 0 Å². The lowest BCUT2D eigenvalue weighted by Gasteiger charge is -2.07. The summed E-state index contributed by atoms with van der Waals surface area (Å²) in [4.78, 5) is 0. The van der Waals surface area contributed by atoms with Gasteiger partial charge in [-0.2, -0.15) is 0 Å². The van der Waals surface area contributed by atoms with Crippen molar-refractivity contribution >= 4 is 0 Å². The molecular weight excluding hydrogens is 100 g/mol. The monoisotopic (exact) mass is 114 g/mol. The molecule has 0 aromatic carbocycles. The molecule has 48 valence electrons. The Balaban J connectivity index is 3.36. The Bertz CT molecular complexity index is 64.9. The standard InChI is InChI=1S/C6H14N2/c1-4-5-6(7-2)8-3/h4-8H,1-3H3/b5-4+. The first-order valence-electron chi connectivity index (χ1n) is 2.82. The van der Waals surface area contributed by atoms with Crippen LogP contribution < -0.4 is 10.6 Å². The van der Waals surface area contributed by atoms with Gasteiger partial charge in [-0.1, -0.05) is 12.2 Å². The van der Waals surface area contributed by atoms with E-state index in [9.17, 15) is 0 Å². The van der Waals surface area contributed by atoms with Crippen LogP contribution in [0, 0.1) is 0 Å². The Morgan fingerprint density at radius 1 is 1.25 bits per heavy atom. The summed E-state index contributed by atoms with van der Waals surface area (Å²) in [7, 11) is 3.84. The van der Waals surface area contributed by atoms with E-state index in [0.29, 0.717) is 6.17 Å². The summed E-state index contributed by atoms with van der Waals surface area (Å²) in [6.07, 6.45) is 4.39. The lowest BCUT2D eigenvalue weighted by molar-refractivity contribution is 0.587. The normalized spacial score (nSPS) is 11.5. The molecular formula is C6H14N2. The topological polar surface area (TPSA) is 24.1 Å². The zero-order valence-electron chi connectivity index (χ0n) is 5.73. The first kappa shape index (κ1) is 7.66. The third-order valence-corrected chi connectivity index (χ3v) is 1.01. The van der Waals surface area contributed by atoms with Gasteiger partial charge in [-0.3, -0.25) is 0 Å². The fourth-order valence-electron chi connectivity index (χ4n) is 0.529. The summed E-state index contributed by atoms with van der Waals surface area (Å²) in [6.45, 7) is 2.00. The number of rotatable bonds is 3. The van der Waals surface area contributed by atoms with E-state index in [1.54, 1.807) is 0 Å². The summed E-state index contributed by atoms with van der Waals surface area (Å²) < 4.78 is 0. The largest absolute Gasteiger partial charge is 0.302 e. The van der Waals surface area contributed by atoms with Crippen LogP contribution in [-0.2, 0) is 0 Å². The number of allylic oxidation sites excluding steroid dienone is 1. The summed E-state index contributed by atoms with van der Waals surface area (Å²) >= 11 is 0. The number of likely N-dealkylation sites (N-methyl/N-ethyl adjacent to an activating group) is 2. The van der Waals surface area contributed by atoms with Crippen LogP contribution in [0.15, 0.2) is 12.2 Å². The minimum atomic E-state index is 0.319. The van der Waals surface area contributed by atoms with Crippen molar-refractivity contribution in [2.24, 2.45) is 0 Å². The van der Waals surface area contributed by atoms with Crippen LogP contribution >= 0.6 is 0 Å². The molecule has 0 aliphatic heterocycles. The lowest BCUT2D eigenvalue weighted by Crippen LogP contribution is -2.35. The molecule has 0 aromatic heterocycles. The van der Waals surface area contributed by atoms with Gasteiger partial charge in [0.15, 0.2) is 0 Å². The van der Waals surface area contributed by atoms with Crippen molar-refractivity contribution in [2.45, 2.75) is 13.1 Å². The Labute approximate surface area is 51.0 Å². The zero-order valence-corrected chi connectivity index (χ0v) is 5.73. The van der Waals surface area contributed by atoms with Crippen molar-refractivity contribution < 1.29 is 0 Å². The van der Waals surface area contributed by atoms with Gasteiger partial charge in [0.05, 0.1) is 6.17 Å². The summed E-state index contributed by atoms with van der Waals surface area (Å²) in [5.41, 5.74) is 0. The molecule has 0 amide bonds. The van der Waals surface area contributed by atoms with Crippen LogP contribution in [-0.4, -0.2) is 20.3 Å². The van der Waals surface area contributed by atoms with Gasteiger partial charge in [-0.25, -0.2) is 0 Å². The zero-order chi connectivity index (χ0) is 6.41. The van der Waals surface area contributed by atoms with Crippen molar-refractivity contribution in [3.05, 3.63) is 12.2 Å². The highest BCUT2D eigenvalue weighted by Crippen LogP contribution is 1.75. The smallest absolute Gasteiger partial charge is 0.0759 e. The van der Waals surface area contributed by atoms with E-state index >= 15 is 0 Å². The van der Waals surface area contributed by atoms with Gasteiger partial charge in [0.2, 0.25) is 0 Å². The van der Waals surface area contributed by atoms with Crippen LogP contribution in [0.5, 0.6) is 0 Å². The first-order valence-corrected chi connectivity index (χ1v) is 2.82. The average molecular weight is 114 g/mol. The van der Waals surface area contributed by atoms with Crippen LogP contribution in [0.1, 0.15) is 6.92 Å². The van der Waals surface area contributed by atoms with Crippen molar-refractivity contribution in [3.63, 3.8) is 0 Å². The van der Waals surface area contributed by atoms with E-state index < -0.39 is 0 Å². The molecule has 0 unspecified atom stereocenters. The molecule has 2 nitrogen and oxygen atoms in total. The van der Waals surface area contributed by atoms with E-state index in [0.717, 1.165) is 0 Å². The van der Waals surface area contributed by atoms with Crippen molar-refractivity contribution in [1.82, 2.24) is 10.6 Å². The molecule has 0 spiro atoms. The van der Waals surface area contributed by atoms with E-state index in [4.69, 9.17) is 0 Å². The lowest BCUT2D eigenvalue weighted by atomic mass is 10.4. The highest BCUT2D eigenvalue weighted by molar-refractivity contribution is 4.87. The average Bonchev–Trinajstić information content (AvgIpc) is 1.83. The predicted octanol–water partition coefficient (Wildman–Crippen LogP) is 0.327. The second kappa shape index (κ2) is 4.81. The van der Waals surface area contributed by atoms with E-state index in [-0.39, 0.29) is 0 Å². The molecule has 0 aliphatic rings. The van der Waals surface area contributed by atoms with E-state index in [1.165, 1.54) is 0 Å². The molecule has 0 heterocycles. The second-order valence-corrected chi connectivity index (χ2v) is 1.58. The maximum Gasteiger partial charge on any atom is 0.0759 e. The van der Waals surface area contributed by atoms with Crippen LogP contribution in [0.2, 0.25) is 0 Å². The van der Waals surface area contributed by atoms with Crippen molar-refractivity contribution in [3.8, 4) is 0 Å². The van der Waals surface area contributed by atoms with Gasteiger partial charge in [0.25, 0.3) is 0 Å². The number of nitrogens with one attached hydrogen (secondary N) is 2. The molecule has 2 heteroatoms. The third-order valence-electron chi connectivity index (χ3n) is 1.01. The van der Waals surface area contributed by atoms with Crippen LogP contribution in [0.25, 0.3) is 0 Å². The molecule has 0 atom stereocenters. The third kappa shape index (κ3) is 2.77. The molecule has 0 saturated carbocycles. The number of hydrogen-bond acceptors (Lipinski definition) is 2. The van der Waals surface area contributed by atoms with Gasteiger partial charge in [-0.15, -0.1) is 0 Å². The Morgan fingerprint density at radius 2 is 1.75 bits per heavy atom. The van der Waals surface area contributed by atoms with E-state index in [2.05, 4.69) is 16.7 Å². The quantitative estimate of drug-likeness (QED) is 0.408. The summed E-state index contributed by atoms with van der Waals surface area (Å²) in [6, 6.07) is 0. The Kier molecular flexibility index (Phi) is 4.61.